The van der Waals surface area contributed by atoms with Gasteiger partial charge in [0.2, 0.25) is 5.91 Å². The summed E-state index contributed by atoms with van der Waals surface area (Å²) in [5.41, 5.74) is 0. The number of carbonyl (C=O) groups is 2. The fourth-order valence-electron chi connectivity index (χ4n) is 1.36. The Balaban J connectivity index is 2.57. The van der Waals surface area contributed by atoms with Crippen molar-refractivity contribution >= 4 is 11.9 Å². The first-order valence-corrected chi connectivity index (χ1v) is 4.73. The van der Waals surface area contributed by atoms with Crippen LogP contribution in [0.15, 0.2) is 0 Å². The minimum absolute atomic E-state index is 0.132. The third-order valence-electron chi connectivity index (χ3n) is 2.15. The molecule has 0 spiro atoms. The van der Waals surface area contributed by atoms with Crippen molar-refractivity contribution in [2.24, 2.45) is 0 Å². The molecule has 1 heterocycles. The van der Waals surface area contributed by atoms with E-state index in [1.807, 2.05) is 6.92 Å². The number of hydrogen-bond donors (Lipinski definition) is 0. The van der Waals surface area contributed by atoms with Gasteiger partial charge in [0.25, 0.3) is 0 Å². The monoisotopic (exact) mass is 194 g/mol. The second-order valence-corrected chi connectivity index (χ2v) is 3.24. The van der Waals surface area contributed by atoms with E-state index in [9.17, 15) is 9.59 Å². The molecular formula is C10H14N2O2. The lowest BCUT2D eigenvalue weighted by Gasteiger charge is -2.14. The van der Waals surface area contributed by atoms with Crippen LogP contribution in [0.25, 0.3) is 0 Å². The highest BCUT2D eigenvalue weighted by atomic mass is 16.2. The van der Waals surface area contributed by atoms with E-state index >= 15 is 0 Å². The van der Waals surface area contributed by atoms with Gasteiger partial charge in [-0.25, -0.2) is 4.79 Å². The van der Waals surface area contributed by atoms with Gasteiger partial charge in [-0.05, 0) is 6.42 Å². The quantitative estimate of drug-likeness (QED) is 0.488. The highest BCUT2D eigenvalue weighted by molar-refractivity contribution is 6.02. The number of carbonyl (C=O) groups excluding carboxylic acids is 2. The highest BCUT2D eigenvalue weighted by Crippen LogP contribution is 2.10. The molecule has 76 valence electrons. The Morgan fingerprint density at radius 3 is 2.79 bits per heavy atom. The average Bonchev–Trinajstić information content (AvgIpc) is 2.41. The Morgan fingerprint density at radius 2 is 2.21 bits per heavy atom. The van der Waals surface area contributed by atoms with E-state index in [0.29, 0.717) is 6.54 Å². The van der Waals surface area contributed by atoms with Gasteiger partial charge in [-0.2, -0.15) is 0 Å². The van der Waals surface area contributed by atoms with E-state index < -0.39 is 0 Å². The van der Waals surface area contributed by atoms with Crippen LogP contribution in [-0.2, 0) is 4.79 Å². The largest absolute Gasteiger partial charge is 0.328 e. The van der Waals surface area contributed by atoms with Crippen LogP contribution in [0.3, 0.4) is 0 Å². The summed E-state index contributed by atoms with van der Waals surface area (Å²) in [5, 5.41) is 0. The predicted molar refractivity (Wildman–Crippen MR) is 52.4 cm³/mol. The number of unbranched alkanes of at least 4 members (excludes halogenated alkanes) is 1. The minimum atomic E-state index is -0.249. The number of hydrogen-bond acceptors (Lipinski definition) is 2. The van der Waals surface area contributed by atoms with E-state index in [2.05, 4.69) is 5.92 Å². The van der Waals surface area contributed by atoms with Crippen LogP contribution in [0.4, 0.5) is 4.79 Å². The van der Waals surface area contributed by atoms with Crippen LogP contribution in [-0.4, -0.2) is 41.4 Å². The van der Waals surface area contributed by atoms with Gasteiger partial charge in [0, 0.05) is 6.54 Å². The summed E-state index contributed by atoms with van der Waals surface area (Å²) in [6.07, 6.45) is 6.90. The summed E-state index contributed by atoms with van der Waals surface area (Å²) in [7, 11) is 0. The summed E-state index contributed by atoms with van der Waals surface area (Å²) < 4.78 is 0. The first-order chi connectivity index (χ1) is 6.70. The molecule has 1 aliphatic rings. The highest BCUT2D eigenvalue weighted by Gasteiger charge is 2.34. The summed E-state index contributed by atoms with van der Waals surface area (Å²) >= 11 is 0. The fourth-order valence-corrected chi connectivity index (χ4v) is 1.36. The van der Waals surface area contributed by atoms with Gasteiger partial charge < -0.3 is 4.90 Å². The Kier molecular flexibility index (Phi) is 3.52. The topological polar surface area (TPSA) is 40.6 Å². The fraction of sp³-hybridized carbons (Fsp3) is 0.600. The van der Waals surface area contributed by atoms with Gasteiger partial charge in [0.1, 0.15) is 6.54 Å². The average molecular weight is 194 g/mol. The first kappa shape index (κ1) is 10.6. The molecule has 3 amide bonds. The van der Waals surface area contributed by atoms with Crippen molar-refractivity contribution in [1.29, 1.82) is 0 Å². The second kappa shape index (κ2) is 4.66. The molecule has 14 heavy (non-hydrogen) atoms. The smallest absolute Gasteiger partial charge is 0.304 e. The predicted octanol–water partition coefficient (Wildman–Crippen LogP) is 0.684. The minimum Gasteiger partial charge on any atom is -0.304 e. The molecule has 1 saturated heterocycles. The maximum absolute atomic E-state index is 11.5. The SMILES string of the molecule is C#CCN1CC(=O)N(CCCC)C1=O. The molecule has 0 saturated carbocycles. The summed E-state index contributed by atoms with van der Waals surface area (Å²) in [6.45, 7) is 2.87. The van der Waals surface area contributed by atoms with Gasteiger partial charge in [-0.3, -0.25) is 9.69 Å². The zero-order valence-electron chi connectivity index (χ0n) is 8.32. The van der Waals surface area contributed by atoms with Gasteiger partial charge >= 0.3 is 6.03 Å². The number of terminal acetylenes is 1. The van der Waals surface area contributed by atoms with Crippen LogP contribution >= 0.6 is 0 Å². The lowest BCUT2D eigenvalue weighted by atomic mass is 10.3. The van der Waals surface area contributed by atoms with Gasteiger partial charge in [0.15, 0.2) is 0 Å². The zero-order valence-corrected chi connectivity index (χ0v) is 8.32. The molecule has 0 aromatic heterocycles. The van der Waals surface area contributed by atoms with Crippen molar-refractivity contribution in [3.8, 4) is 12.3 Å². The molecule has 1 aliphatic heterocycles. The van der Waals surface area contributed by atoms with E-state index in [-0.39, 0.29) is 25.0 Å². The molecule has 0 aromatic carbocycles. The molecule has 0 N–H and O–H groups in total. The third kappa shape index (κ3) is 2.05. The normalized spacial score (nSPS) is 16.3. The van der Waals surface area contributed by atoms with Crippen LogP contribution in [0, 0.1) is 12.3 Å². The number of imide groups is 1. The number of amides is 3. The molecule has 0 atom stereocenters. The molecule has 4 heteroatoms. The molecule has 1 fully saturated rings. The lowest BCUT2D eigenvalue weighted by Crippen LogP contribution is -2.33. The van der Waals surface area contributed by atoms with Crippen molar-refractivity contribution < 1.29 is 9.59 Å². The molecule has 0 aromatic rings. The van der Waals surface area contributed by atoms with Crippen LogP contribution in [0.1, 0.15) is 19.8 Å². The van der Waals surface area contributed by atoms with Crippen LogP contribution in [0.5, 0.6) is 0 Å². The lowest BCUT2D eigenvalue weighted by molar-refractivity contribution is -0.125. The van der Waals surface area contributed by atoms with Crippen LogP contribution < -0.4 is 0 Å². The van der Waals surface area contributed by atoms with Crippen molar-refractivity contribution in [1.82, 2.24) is 9.80 Å². The van der Waals surface area contributed by atoms with E-state index in [1.165, 1.54) is 9.80 Å². The number of rotatable bonds is 4. The molecule has 0 bridgehead atoms. The van der Waals surface area contributed by atoms with E-state index in [0.717, 1.165) is 12.8 Å². The third-order valence-corrected chi connectivity index (χ3v) is 2.15. The first-order valence-electron chi connectivity index (χ1n) is 4.73. The van der Waals surface area contributed by atoms with Crippen molar-refractivity contribution in [2.75, 3.05) is 19.6 Å². The Bertz CT molecular complexity index is 280. The van der Waals surface area contributed by atoms with Gasteiger partial charge in [-0.15, -0.1) is 6.42 Å². The second-order valence-electron chi connectivity index (χ2n) is 3.24. The van der Waals surface area contributed by atoms with Gasteiger partial charge in [0.05, 0.1) is 6.54 Å². The number of nitrogens with zero attached hydrogens (tertiary/aromatic N) is 2. The molecule has 1 rings (SSSR count). The molecule has 0 aliphatic carbocycles. The Labute approximate surface area is 83.9 Å². The molecule has 4 nitrogen and oxygen atoms in total. The van der Waals surface area contributed by atoms with Crippen molar-refractivity contribution in [2.45, 2.75) is 19.8 Å². The summed E-state index contributed by atoms with van der Waals surface area (Å²) in [4.78, 5) is 25.6. The standard InChI is InChI=1S/C10H14N2O2/c1-3-5-7-12-9(13)8-11(6-4-2)10(12)14/h2H,3,5-8H2,1H3. The van der Waals surface area contributed by atoms with Crippen molar-refractivity contribution in [3.05, 3.63) is 0 Å². The molecular weight excluding hydrogens is 180 g/mol. The number of urea groups is 1. The maximum Gasteiger partial charge on any atom is 0.328 e. The van der Waals surface area contributed by atoms with Gasteiger partial charge in [-0.1, -0.05) is 19.3 Å². The summed E-state index contributed by atoms with van der Waals surface area (Å²) in [5.74, 6) is 2.22. The van der Waals surface area contributed by atoms with Crippen molar-refractivity contribution in [3.63, 3.8) is 0 Å². The maximum atomic E-state index is 11.5. The summed E-state index contributed by atoms with van der Waals surface area (Å²) in [6, 6.07) is -0.249. The zero-order chi connectivity index (χ0) is 10.6. The van der Waals surface area contributed by atoms with E-state index in [4.69, 9.17) is 6.42 Å². The molecule has 0 radical (unpaired) electrons. The van der Waals surface area contributed by atoms with E-state index in [1.54, 1.807) is 0 Å². The Morgan fingerprint density at radius 1 is 1.50 bits per heavy atom. The van der Waals surface area contributed by atoms with Crippen LogP contribution in [0.2, 0.25) is 0 Å². The molecule has 0 unspecified atom stereocenters. The Hall–Kier alpha value is -1.50.